The van der Waals surface area contributed by atoms with Gasteiger partial charge in [0, 0.05) is 19.2 Å². The van der Waals surface area contributed by atoms with Crippen LogP contribution in [0.1, 0.15) is 6.92 Å². The van der Waals surface area contributed by atoms with E-state index >= 15 is 0 Å². The van der Waals surface area contributed by atoms with E-state index in [2.05, 4.69) is 21.2 Å². The normalized spacial score (nSPS) is 22.9. The molecular formula is C15H19N5O3. The lowest BCUT2D eigenvalue weighted by atomic mass is 10.1. The Hall–Kier alpha value is -2.48. The highest BCUT2D eigenvalue weighted by atomic mass is 16.5. The second-order valence-electron chi connectivity index (χ2n) is 5.86. The molecule has 3 aliphatic rings. The van der Waals surface area contributed by atoms with Gasteiger partial charge in [-0.2, -0.15) is 5.10 Å². The maximum absolute atomic E-state index is 12.0. The van der Waals surface area contributed by atoms with Crippen LogP contribution in [0.5, 0.6) is 11.5 Å². The van der Waals surface area contributed by atoms with Crippen molar-refractivity contribution < 1.29 is 14.3 Å². The minimum atomic E-state index is -0.336. The molecule has 8 nitrogen and oxygen atoms in total. The second-order valence-corrected chi connectivity index (χ2v) is 5.86. The number of hydrogen-bond acceptors (Lipinski definition) is 7. The van der Waals surface area contributed by atoms with Gasteiger partial charge in [0.1, 0.15) is 24.1 Å². The zero-order valence-electron chi connectivity index (χ0n) is 13.0. The molecule has 0 radical (unpaired) electrons. The number of fused-ring (bicyclic) bond motifs is 3. The first-order chi connectivity index (χ1) is 11.2. The maximum atomic E-state index is 12.0. The van der Waals surface area contributed by atoms with Crippen molar-refractivity contribution in [1.82, 2.24) is 10.7 Å². The molecule has 1 amide bonds. The standard InChI is InChI=1S/C15H19N5O3/c1-8-15(21)19-18-14-7-23-13-4-12(22-2)10(3-11(13)20(8)14)17-9-5-16-6-9/h3-4,8-9,16-17H,5-7H2,1-2H3,(H,19,21). The number of nitrogens with one attached hydrogen (secondary N) is 3. The number of amides is 1. The number of carbonyl (C=O) groups excluding carboxylic acids is 1. The summed E-state index contributed by atoms with van der Waals surface area (Å²) in [6, 6.07) is 3.87. The van der Waals surface area contributed by atoms with Crippen LogP contribution in [0.25, 0.3) is 0 Å². The van der Waals surface area contributed by atoms with Crippen LogP contribution in [0.15, 0.2) is 17.2 Å². The van der Waals surface area contributed by atoms with Crippen LogP contribution < -0.4 is 30.4 Å². The summed E-state index contributed by atoms with van der Waals surface area (Å²) in [5.41, 5.74) is 4.24. The van der Waals surface area contributed by atoms with Crippen molar-refractivity contribution in [2.24, 2.45) is 5.10 Å². The predicted octanol–water partition coefficient (Wildman–Crippen LogP) is 0.110. The van der Waals surface area contributed by atoms with Crippen LogP contribution in [-0.2, 0) is 4.79 Å². The Morgan fingerprint density at radius 2 is 2.26 bits per heavy atom. The Bertz CT molecular complexity index is 686. The number of rotatable bonds is 3. The molecule has 0 aromatic heterocycles. The predicted molar refractivity (Wildman–Crippen MR) is 86.3 cm³/mol. The minimum absolute atomic E-state index is 0.130. The molecule has 0 spiro atoms. The summed E-state index contributed by atoms with van der Waals surface area (Å²) in [6.07, 6.45) is 0. The quantitative estimate of drug-likeness (QED) is 0.733. The fraction of sp³-hybridized carbons (Fsp3) is 0.467. The summed E-state index contributed by atoms with van der Waals surface area (Å²) >= 11 is 0. The molecule has 0 saturated carbocycles. The average Bonchev–Trinajstić information content (AvgIpc) is 2.53. The largest absolute Gasteiger partial charge is 0.494 e. The van der Waals surface area contributed by atoms with E-state index < -0.39 is 0 Å². The van der Waals surface area contributed by atoms with Crippen molar-refractivity contribution in [3.8, 4) is 11.5 Å². The molecule has 23 heavy (non-hydrogen) atoms. The van der Waals surface area contributed by atoms with Crippen LogP contribution in [0, 0.1) is 0 Å². The van der Waals surface area contributed by atoms with Crippen molar-refractivity contribution in [2.75, 3.05) is 37.0 Å². The molecule has 1 atom stereocenters. The van der Waals surface area contributed by atoms with Crippen molar-refractivity contribution in [1.29, 1.82) is 0 Å². The third kappa shape index (κ3) is 2.26. The number of methoxy groups -OCH3 is 1. The monoisotopic (exact) mass is 317 g/mol. The number of ether oxygens (including phenoxy) is 2. The van der Waals surface area contributed by atoms with Crippen LogP contribution in [0.2, 0.25) is 0 Å². The number of hydrazone groups is 1. The highest BCUT2D eigenvalue weighted by Crippen LogP contribution is 2.42. The summed E-state index contributed by atoms with van der Waals surface area (Å²) in [5.74, 6) is 1.99. The van der Waals surface area contributed by atoms with Crippen LogP contribution in [0.4, 0.5) is 11.4 Å². The Labute approximate surface area is 133 Å². The van der Waals surface area contributed by atoms with E-state index in [1.165, 1.54) is 0 Å². The van der Waals surface area contributed by atoms with Crippen molar-refractivity contribution in [3.05, 3.63) is 12.1 Å². The number of carbonyl (C=O) groups is 1. The highest BCUT2D eigenvalue weighted by molar-refractivity contribution is 6.09. The van der Waals surface area contributed by atoms with Gasteiger partial charge in [-0.1, -0.05) is 0 Å². The van der Waals surface area contributed by atoms with E-state index in [0.29, 0.717) is 24.2 Å². The van der Waals surface area contributed by atoms with E-state index in [4.69, 9.17) is 9.47 Å². The molecule has 0 bridgehead atoms. The molecule has 3 heterocycles. The summed E-state index contributed by atoms with van der Waals surface area (Å²) in [4.78, 5) is 13.9. The molecule has 3 aliphatic heterocycles. The average molecular weight is 317 g/mol. The molecule has 1 aromatic rings. The summed E-state index contributed by atoms with van der Waals surface area (Å²) < 4.78 is 11.2. The molecule has 1 unspecified atom stereocenters. The molecule has 1 fully saturated rings. The number of hydrogen-bond donors (Lipinski definition) is 3. The molecule has 8 heteroatoms. The molecule has 3 N–H and O–H groups in total. The smallest absolute Gasteiger partial charge is 0.262 e. The zero-order chi connectivity index (χ0) is 16.0. The summed E-state index contributed by atoms with van der Waals surface area (Å²) in [7, 11) is 1.64. The summed E-state index contributed by atoms with van der Waals surface area (Å²) in [6.45, 7) is 4.02. The lowest BCUT2D eigenvalue weighted by molar-refractivity contribution is -0.122. The van der Waals surface area contributed by atoms with Crippen LogP contribution in [0.3, 0.4) is 0 Å². The Morgan fingerprint density at radius 3 is 2.96 bits per heavy atom. The first kappa shape index (κ1) is 14.1. The van der Waals surface area contributed by atoms with Gasteiger partial charge in [-0.15, -0.1) is 0 Å². The molecule has 0 aliphatic carbocycles. The lowest BCUT2D eigenvalue weighted by Crippen LogP contribution is -2.55. The minimum Gasteiger partial charge on any atom is -0.494 e. The topological polar surface area (TPSA) is 87.2 Å². The van der Waals surface area contributed by atoms with E-state index in [1.807, 2.05) is 24.0 Å². The van der Waals surface area contributed by atoms with Crippen LogP contribution >= 0.6 is 0 Å². The molecule has 1 saturated heterocycles. The van der Waals surface area contributed by atoms with Gasteiger partial charge in [0.15, 0.2) is 5.84 Å². The van der Waals surface area contributed by atoms with Gasteiger partial charge >= 0.3 is 0 Å². The first-order valence-electron chi connectivity index (χ1n) is 7.65. The fourth-order valence-corrected chi connectivity index (χ4v) is 2.95. The zero-order valence-corrected chi connectivity index (χ0v) is 13.0. The number of nitrogens with zero attached hydrogens (tertiary/aromatic N) is 2. The van der Waals surface area contributed by atoms with Crippen molar-refractivity contribution >= 4 is 23.1 Å². The second kappa shape index (κ2) is 5.31. The fourth-order valence-electron chi connectivity index (χ4n) is 2.95. The third-order valence-corrected chi connectivity index (χ3v) is 4.38. The van der Waals surface area contributed by atoms with Gasteiger partial charge in [-0.25, -0.2) is 5.43 Å². The van der Waals surface area contributed by atoms with Crippen molar-refractivity contribution in [2.45, 2.75) is 19.0 Å². The van der Waals surface area contributed by atoms with E-state index in [-0.39, 0.29) is 11.9 Å². The molecular weight excluding hydrogens is 298 g/mol. The van der Waals surface area contributed by atoms with E-state index in [9.17, 15) is 4.79 Å². The maximum Gasteiger partial charge on any atom is 0.262 e. The van der Waals surface area contributed by atoms with Gasteiger partial charge in [0.05, 0.1) is 24.5 Å². The lowest BCUT2D eigenvalue weighted by Gasteiger charge is -2.38. The Balaban J connectivity index is 1.76. The van der Waals surface area contributed by atoms with Gasteiger partial charge in [-0.3, -0.25) is 4.79 Å². The first-order valence-corrected chi connectivity index (χ1v) is 7.65. The van der Waals surface area contributed by atoms with E-state index in [0.717, 1.165) is 30.2 Å². The number of benzene rings is 1. The number of anilines is 2. The SMILES string of the molecule is COc1cc2c(cc1NC1CNC1)N1C(=NNC(=O)C1C)CO2. The van der Waals surface area contributed by atoms with Gasteiger partial charge in [0.2, 0.25) is 0 Å². The number of amidine groups is 1. The Morgan fingerprint density at radius 1 is 1.43 bits per heavy atom. The van der Waals surface area contributed by atoms with Gasteiger partial charge < -0.3 is 25.0 Å². The van der Waals surface area contributed by atoms with Gasteiger partial charge in [0.25, 0.3) is 5.91 Å². The molecule has 1 aromatic carbocycles. The van der Waals surface area contributed by atoms with Gasteiger partial charge in [-0.05, 0) is 13.0 Å². The molecule has 122 valence electrons. The van der Waals surface area contributed by atoms with Crippen molar-refractivity contribution in [3.63, 3.8) is 0 Å². The Kier molecular flexibility index (Phi) is 3.26. The third-order valence-electron chi connectivity index (χ3n) is 4.38. The molecule has 4 rings (SSSR count). The van der Waals surface area contributed by atoms with Crippen LogP contribution in [-0.4, -0.2) is 50.6 Å². The summed E-state index contributed by atoms with van der Waals surface area (Å²) in [5, 5.41) is 10.8. The van der Waals surface area contributed by atoms with E-state index in [1.54, 1.807) is 7.11 Å². The highest BCUT2D eigenvalue weighted by Gasteiger charge is 2.36.